The number of ether oxygens (including phenoxy) is 3. The average Bonchev–Trinajstić information content (AvgIpc) is 3.43. The molecule has 1 unspecified atom stereocenters. The van der Waals surface area contributed by atoms with Crippen molar-refractivity contribution in [1.29, 1.82) is 0 Å². The highest BCUT2D eigenvalue weighted by atomic mass is 16.6. The Balaban J connectivity index is 4.36. The van der Waals surface area contributed by atoms with Crippen LogP contribution in [-0.2, 0) is 28.6 Å². The summed E-state index contributed by atoms with van der Waals surface area (Å²) in [5, 5.41) is 0. The van der Waals surface area contributed by atoms with Crippen molar-refractivity contribution in [2.45, 2.75) is 348 Å². The zero-order valence-corrected chi connectivity index (χ0v) is 51.2. The molecule has 6 nitrogen and oxygen atoms in total. The van der Waals surface area contributed by atoms with Crippen molar-refractivity contribution >= 4 is 17.9 Å². The molecule has 1 atom stereocenters. The summed E-state index contributed by atoms with van der Waals surface area (Å²) in [6.07, 6.45) is 84.8. The van der Waals surface area contributed by atoms with Crippen molar-refractivity contribution in [2.24, 2.45) is 0 Å². The van der Waals surface area contributed by atoms with Crippen LogP contribution in [0.3, 0.4) is 0 Å². The maximum Gasteiger partial charge on any atom is 0.306 e. The van der Waals surface area contributed by atoms with Gasteiger partial charge in [-0.1, -0.05) is 325 Å². The van der Waals surface area contributed by atoms with E-state index in [1.54, 1.807) is 0 Å². The predicted molar refractivity (Wildman–Crippen MR) is 335 cm³/mol. The van der Waals surface area contributed by atoms with Gasteiger partial charge >= 0.3 is 17.9 Å². The molecule has 0 amide bonds. The van der Waals surface area contributed by atoms with Crippen LogP contribution in [0.5, 0.6) is 0 Å². The Morgan fingerprint density at radius 3 is 0.792 bits per heavy atom. The minimum atomic E-state index is -0.780. The minimum Gasteiger partial charge on any atom is -0.462 e. The summed E-state index contributed by atoms with van der Waals surface area (Å²) < 4.78 is 17.0. The van der Waals surface area contributed by atoms with Crippen LogP contribution >= 0.6 is 0 Å². The Kier molecular flexibility index (Phi) is 62.7. The lowest BCUT2D eigenvalue weighted by Gasteiger charge is -2.18. The molecule has 0 aromatic rings. The monoisotopic (exact) mass is 1070 g/mol. The highest BCUT2D eigenvalue weighted by molar-refractivity contribution is 5.71. The van der Waals surface area contributed by atoms with Crippen molar-refractivity contribution < 1.29 is 28.6 Å². The number of hydrogen-bond acceptors (Lipinski definition) is 6. The van der Waals surface area contributed by atoms with E-state index in [4.69, 9.17) is 14.2 Å². The Morgan fingerprint density at radius 2 is 0.506 bits per heavy atom. The highest BCUT2D eigenvalue weighted by Crippen LogP contribution is 2.18. The molecule has 0 N–H and O–H groups in total. The van der Waals surface area contributed by atoms with E-state index < -0.39 is 6.10 Å². The number of carbonyl (C=O) groups is 3. The minimum absolute atomic E-state index is 0.0750. The summed E-state index contributed by atoms with van der Waals surface area (Å²) in [4.78, 5) is 38.4. The summed E-state index contributed by atoms with van der Waals surface area (Å²) in [6.45, 7) is 6.57. The second kappa shape index (κ2) is 65.4. The van der Waals surface area contributed by atoms with E-state index in [0.717, 1.165) is 103 Å². The molecular weight excluding hydrogens is 949 g/mol. The molecule has 0 heterocycles. The Bertz CT molecular complexity index is 1420. The van der Waals surface area contributed by atoms with E-state index in [2.05, 4.69) is 93.7 Å². The van der Waals surface area contributed by atoms with Crippen LogP contribution in [0.2, 0.25) is 0 Å². The lowest BCUT2D eigenvalue weighted by molar-refractivity contribution is -0.167. The fraction of sp³-hybridized carbons (Fsp3) is 0.789. The van der Waals surface area contributed by atoms with Crippen LogP contribution in [-0.4, -0.2) is 37.2 Å². The summed E-state index contributed by atoms with van der Waals surface area (Å²) in [7, 11) is 0. The summed E-state index contributed by atoms with van der Waals surface area (Å²) in [5.41, 5.74) is 0. The van der Waals surface area contributed by atoms with Gasteiger partial charge in [0.15, 0.2) is 6.10 Å². The molecule has 0 radical (unpaired) electrons. The van der Waals surface area contributed by atoms with Gasteiger partial charge in [-0.05, 0) is 70.6 Å². The summed E-state index contributed by atoms with van der Waals surface area (Å²) in [5.74, 6) is -0.868. The Morgan fingerprint density at radius 1 is 0.273 bits per heavy atom. The van der Waals surface area contributed by atoms with Gasteiger partial charge in [0, 0.05) is 19.3 Å². The van der Waals surface area contributed by atoms with Crippen LogP contribution in [0.1, 0.15) is 342 Å². The molecule has 0 aromatic heterocycles. The largest absolute Gasteiger partial charge is 0.462 e. The molecule has 0 rings (SSSR count). The van der Waals surface area contributed by atoms with Crippen LogP contribution in [0, 0.1) is 0 Å². The van der Waals surface area contributed by atoms with E-state index in [1.807, 2.05) is 0 Å². The zero-order valence-electron chi connectivity index (χ0n) is 51.2. The molecule has 0 bridgehead atoms. The van der Waals surface area contributed by atoms with E-state index in [1.165, 1.54) is 199 Å². The van der Waals surface area contributed by atoms with E-state index in [0.29, 0.717) is 19.3 Å². The Labute approximate surface area is 478 Å². The highest BCUT2D eigenvalue weighted by Gasteiger charge is 2.19. The molecular formula is C71H126O6. The van der Waals surface area contributed by atoms with Gasteiger partial charge < -0.3 is 14.2 Å². The second-order valence-electron chi connectivity index (χ2n) is 22.4. The molecule has 0 aromatic carbocycles. The van der Waals surface area contributed by atoms with Gasteiger partial charge in [0.1, 0.15) is 13.2 Å². The third-order valence-corrected chi connectivity index (χ3v) is 14.7. The number of carbonyl (C=O) groups excluding carboxylic acids is 3. The molecule has 0 saturated carbocycles. The standard InChI is InChI=1S/C71H126O6/c1-4-7-10-13-16-19-22-25-28-31-33-34-35-36-37-38-39-41-43-46-49-52-55-58-61-64-70(73)76-67-68(66-75-69(72)63-60-57-54-51-48-45-42-30-27-24-21-18-15-12-9-6-3)77-71(74)65-62-59-56-53-50-47-44-40-32-29-26-23-20-17-14-11-8-5-2/h7,10,16,19,25,28,33-34,36-37,39,41,68H,4-6,8-9,11-15,17-18,20-24,26-27,29-32,35,38,40,42-67H2,1-3H3/b10-7-,19-16-,28-25-,34-33-,37-36-,41-39-. The van der Waals surface area contributed by atoms with Gasteiger partial charge in [0.2, 0.25) is 0 Å². The van der Waals surface area contributed by atoms with Crippen molar-refractivity contribution in [1.82, 2.24) is 0 Å². The van der Waals surface area contributed by atoms with Gasteiger partial charge in [-0.15, -0.1) is 0 Å². The molecule has 77 heavy (non-hydrogen) atoms. The smallest absolute Gasteiger partial charge is 0.306 e. The lowest BCUT2D eigenvalue weighted by atomic mass is 10.0. The number of allylic oxidation sites excluding steroid dienone is 12. The van der Waals surface area contributed by atoms with Crippen LogP contribution < -0.4 is 0 Å². The van der Waals surface area contributed by atoms with E-state index in [-0.39, 0.29) is 31.1 Å². The fourth-order valence-corrected chi connectivity index (χ4v) is 9.74. The van der Waals surface area contributed by atoms with Gasteiger partial charge in [0.05, 0.1) is 0 Å². The van der Waals surface area contributed by atoms with Crippen LogP contribution in [0.25, 0.3) is 0 Å². The first-order chi connectivity index (χ1) is 38.0. The first-order valence-electron chi connectivity index (χ1n) is 33.4. The molecule has 6 heteroatoms. The Hall–Kier alpha value is -3.15. The van der Waals surface area contributed by atoms with Gasteiger partial charge in [-0.3, -0.25) is 14.4 Å². The first-order valence-corrected chi connectivity index (χ1v) is 33.4. The lowest BCUT2D eigenvalue weighted by Crippen LogP contribution is -2.30. The third kappa shape index (κ3) is 63.6. The van der Waals surface area contributed by atoms with E-state index in [9.17, 15) is 14.4 Å². The van der Waals surface area contributed by atoms with Crippen molar-refractivity contribution in [3.8, 4) is 0 Å². The summed E-state index contributed by atoms with van der Waals surface area (Å²) in [6, 6.07) is 0. The van der Waals surface area contributed by atoms with Crippen LogP contribution in [0.15, 0.2) is 72.9 Å². The van der Waals surface area contributed by atoms with E-state index >= 15 is 0 Å². The molecule has 446 valence electrons. The van der Waals surface area contributed by atoms with Gasteiger partial charge in [-0.2, -0.15) is 0 Å². The first kappa shape index (κ1) is 73.8. The number of unbranched alkanes of at least 4 members (excludes halogenated alkanes) is 38. The molecule has 0 aliphatic heterocycles. The number of esters is 3. The van der Waals surface area contributed by atoms with Gasteiger partial charge in [-0.25, -0.2) is 0 Å². The normalized spacial score (nSPS) is 12.5. The van der Waals surface area contributed by atoms with Crippen molar-refractivity contribution in [3.05, 3.63) is 72.9 Å². The zero-order chi connectivity index (χ0) is 55.7. The molecule has 0 saturated heterocycles. The summed E-state index contributed by atoms with van der Waals surface area (Å²) >= 11 is 0. The maximum absolute atomic E-state index is 12.9. The average molecular weight is 1080 g/mol. The molecule has 0 aliphatic rings. The van der Waals surface area contributed by atoms with Gasteiger partial charge in [0.25, 0.3) is 0 Å². The molecule has 0 aliphatic carbocycles. The quantitative estimate of drug-likeness (QED) is 0.0261. The topological polar surface area (TPSA) is 78.9 Å². The molecule has 0 spiro atoms. The van der Waals surface area contributed by atoms with Crippen molar-refractivity contribution in [3.63, 3.8) is 0 Å². The second-order valence-corrected chi connectivity index (χ2v) is 22.4. The predicted octanol–water partition coefficient (Wildman–Crippen LogP) is 22.9. The fourth-order valence-electron chi connectivity index (χ4n) is 9.74. The number of hydrogen-bond donors (Lipinski definition) is 0. The number of rotatable bonds is 61. The maximum atomic E-state index is 12.9. The van der Waals surface area contributed by atoms with Crippen LogP contribution in [0.4, 0.5) is 0 Å². The van der Waals surface area contributed by atoms with Crippen molar-refractivity contribution in [2.75, 3.05) is 13.2 Å². The SMILES string of the molecule is CC/C=C\C/C=C\C/C=C\C/C=C\C/C=C\C/C=C\CCCCCCCCC(=O)OCC(COC(=O)CCCCCCCCCCCCCCCCCC)OC(=O)CCCCCCCCCCCCCCCCCCCC. The molecule has 0 fully saturated rings. The third-order valence-electron chi connectivity index (χ3n) is 14.7.